The molecule has 2 amide bonds. The number of amides is 2. The molecule has 1 heterocycles. The Kier molecular flexibility index (Phi) is 7.38. The standard InChI is InChI=1S/C16H23N3O2S.ClH/c1-10(2)12(17)6-7-19(3)16(21)11-4-5-14-13(8-11)18-15(20)9-22-14;/h4-5,8,10,12H,6-7,9,17H2,1-3H3,(H,18,20);1H. The van der Waals surface area contributed by atoms with Crippen LogP contribution >= 0.6 is 24.2 Å². The molecule has 2 rings (SSSR count). The zero-order valence-electron chi connectivity index (χ0n) is 13.7. The number of nitrogens with one attached hydrogen (secondary N) is 1. The van der Waals surface area contributed by atoms with Crippen LogP contribution in [0.1, 0.15) is 30.6 Å². The van der Waals surface area contributed by atoms with Crippen LogP contribution in [0.3, 0.4) is 0 Å². The number of hydrogen-bond acceptors (Lipinski definition) is 4. The van der Waals surface area contributed by atoms with Crippen molar-refractivity contribution in [1.82, 2.24) is 4.90 Å². The third-order valence-corrected chi connectivity index (χ3v) is 4.93. The van der Waals surface area contributed by atoms with Crippen molar-refractivity contribution in [2.45, 2.75) is 31.2 Å². The normalized spacial score (nSPS) is 14.6. The molecule has 1 unspecified atom stereocenters. The Bertz CT molecular complexity index is 580. The van der Waals surface area contributed by atoms with Crippen molar-refractivity contribution in [3.63, 3.8) is 0 Å². The molecule has 3 N–H and O–H groups in total. The molecule has 0 bridgehead atoms. The lowest BCUT2D eigenvalue weighted by molar-refractivity contribution is -0.113. The number of halogens is 1. The number of carbonyl (C=O) groups excluding carboxylic acids is 2. The SMILES string of the molecule is CC(C)C(N)CCN(C)C(=O)c1ccc2c(c1)NC(=O)CS2.Cl. The van der Waals surface area contributed by atoms with Gasteiger partial charge in [0.25, 0.3) is 5.91 Å². The van der Waals surface area contributed by atoms with E-state index in [9.17, 15) is 9.59 Å². The Morgan fingerprint density at radius 1 is 1.43 bits per heavy atom. The number of nitrogens with zero attached hydrogens (tertiary/aromatic N) is 1. The van der Waals surface area contributed by atoms with Crippen LogP contribution in [0.25, 0.3) is 0 Å². The van der Waals surface area contributed by atoms with Gasteiger partial charge in [0.1, 0.15) is 0 Å². The summed E-state index contributed by atoms with van der Waals surface area (Å²) in [5.41, 5.74) is 7.33. The van der Waals surface area contributed by atoms with Crippen molar-refractivity contribution in [2.24, 2.45) is 11.7 Å². The smallest absolute Gasteiger partial charge is 0.253 e. The van der Waals surface area contributed by atoms with Crippen molar-refractivity contribution in [2.75, 3.05) is 24.7 Å². The summed E-state index contributed by atoms with van der Waals surface area (Å²) in [4.78, 5) is 26.6. The first-order chi connectivity index (χ1) is 10.4. The predicted octanol–water partition coefficient (Wildman–Crippen LogP) is 2.60. The number of hydrogen-bond donors (Lipinski definition) is 2. The van der Waals surface area contributed by atoms with Crippen molar-refractivity contribution < 1.29 is 9.59 Å². The molecule has 1 aromatic carbocycles. The van der Waals surface area contributed by atoms with Crippen molar-refractivity contribution in [1.29, 1.82) is 0 Å². The highest BCUT2D eigenvalue weighted by Gasteiger charge is 2.19. The maximum atomic E-state index is 12.5. The van der Waals surface area contributed by atoms with Crippen LogP contribution < -0.4 is 11.1 Å². The van der Waals surface area contributed by atoms with E-state index in [1.165, 1.54) is 11.8 Å². The quantitative estimate of drug-likeness (QED) is 0.849. The first-order valence-electron chi connectivity index (χ1n) is 7.46. The lowest BCUT2D eigenvalue weighted by atomic mass is 10.0. The topological polar surface area (TPSA) is 75.4 Å². The van der Waals surface area contributed by atoms with Gasteiger partial charge in [0.2, 0.25) is 5.91 Å². The van der Waals surface area contributed by atoms with Crippen LogP contribution in [0.5, 0.6) is 0 Å². The summed E-state index contributed by atoms with van der Waals surface area (Å²) in [5, 5.41) is 2.81. The minimum Gasteiger partial charge on any atom is -0.342 e. The zero-order chi connectivity index (χ0) is 16.3. The van der Waals surface area contributed by atoms with Crippen LogP contribution in [0.15, 0.2) is 23.1 Å². The Morgan fingerprint density at radius 3 is 2.78 bits per heavy atom. The van der Waals surface area contributed by atoms with Gasteiger partial charge in [-0.1, -0.05) is 13.8 Å². The van der Waals surface area contributed by atoms with Gasteiger partial charge in [-0.3, -0.25) is 9.59 Å². The average molecular weight is 358 g/mol. The lowest BCUT2D eigenvalue weighted by Gasteiger charge is -2.22. The van der Waals surface area contributed by atoms with Gasteiger partial charge < -0.3 is 16.0 Å². The van der Waals surface area contributed by atoms with Gasteiger partial charge in [-0.2, -0.15) is 0 Å². The maximum Gasteiger partial charge on any atom is 0.253 e. The molecule has 0 saturated heterocycles. The Labute approximate surface area is 147 Å². The Balaban J connectivity index is 0.00000264. The fourth-order valence-corrected chi connectivity index (χ4v) is 3.00. The van der Waals surface area contributed by atoms with E-state index in [2.05, 4.69) is 19.2 Å². The first-order valence-corrected chi connectivity index (χ1v) is 8.44. The number of thioether (sulfide) groups is 1. The van der Waals surface area contributed by atoms with E-state index in [4.69, 9.17) is 5.73 Å². The molecular formula is C16H24ClN3O2S. The predicted molar refractivity (Wildman–Crippen MR) is 97.4 cm³/mol. The summed E-state index contributed by atoms with van der Waals surface area (Å²) in [7, 11) is 1.78. The molecular weight excluding hydrogens is 334 g/mol. The van der Waals surface area contributed by atoms with Gasteiger partial charge in [0, 0.05) is 30.1 Å². The van der Waals surface area contributed by atoms with E-state index in [0.29, 0.717) is 23.8 Å². The molecule has 23 heavy (non-hydrogen) atoms. The van der Waals surface area contributed by atoms with E-state index in [0.717, 1.165) is 17.0 Å². The minimum atomic E-state index is -0.0522. The highest BCUT2D eigenvalue weighted by molar-refractivity contribution is 8.00. The number of nitrogens with two attached hydrogens (primary N) is 1. The highest BCUT2D eigenvalue weighted by Crippen LogP contribution is 2.32. The largest absolute Gasteiger partial charge is 0.342 e. The van der Waals surface area contributed by atoms with E-state index in [1.807, 2.05) is 12.1 Å². The van der Waals surface area contributed by atoms with Crippen LogP contribution in [-0.4, -0.2) is 42.1 Å². The molecule has 0 radical (unpaired) electrons. The summed E-state index contributed by atoms with van der Waals surface area (Å²) >= 11 is 1.49. The number of anilines is 1. The van der Waals surface area contributed by atoms with Crippen molar-refractivity contribution >= 4 is 41.7 Å². The van der Waals surface area contributed by atoms with Crippen LogP contribution in [0, 0.1) is 5.92 Å². The van der Waals surface area contributed by atoms with Gasteiger partial charge in [0.15, 0.2) is 0 Å². The molecule has 128 valence electrons. The first kappa shape index (κ1) is 19.8. The fraction of sp³-hybridized carbons (Fsp3) is 0.500. The van der Waals surface area contributed by atoms with Gasteiger partial charge in [-0.25, -0.2) is 0 Å². The van der Waals surface area contributed by atoms with Gasteiger partial charge >= 0.3 is 0 Å². The average Bonchev–Trinajstić information content (AvgIpc) is 2.50. The number of benzene rings is 1. The summed E-state index contributed by atoms with van der Waals surface area (Å²) in [6.45, 7) is 4.78. The van der Waals surface area contributed by atoms with Crippen LogP contribution in [0.2, 0.25) is 0 Å². The summed E-state index contributed by atoms with van der Waals surface area (Å²) in [6.07, 6.45) is 0.775. The second-order valence-corrected chi connectivity index (χ2v) is 6.99. The maximum absolute atomic E-state index is 12.5. The molecule has 0 aromatic heterocycles. The molecule has 1 aliphatic rings. The second kappa shape index (κ2) is 8.57. The summed E-state index contributed by atoms with van der Waals surface area (Å²) < 4.78 is 0. The van der Waals surface area contributed by atoms with E-state index in [-0.39, 0.29) is 30.3 Å². The van der Waals surface area contributed by atoms with Crippen molar-refractivity contribution in [3.8, 4) is 0 Å². The zero-order valence-corrected chi connectivity index (χ0v) is 15.3. The summed E-state index contributed by atoms with van der Waals surface area (Å²) in [5.74, 6) is 0.745. The molecule has 0 aliphatic carbocycles. The van der Waals surface area contributed by atoms with Crippen LogP contribution in [0.4, 0.5) is 5.69 Å². The molecule has 0 fully saturated rings. The van der Waals surface area contributed by atoms with E-state index >= 15 is 0 Å². The molecule has 1 aliphatic heterocycles. The monoisotopic (exact) mass is 357 g/mol. The number of fused-ring (bicyclic) bond motifs is 1. The molecule has 1 aromatic rings. The van der Waals surface area contributed by atoms with Gasteiger partial charge in [-0.15, -0.1) is 24.2 Å². The van der Waals surface area contributed by atoms with Crippen LogP contribution in [-0.2, 0) is 4.79 Å². The molecule has 7 heteroatoms. The Hall–Kier alpha value is -1.24. The molecule has 0 spiro atoms. The third kappa shape index (κ3) is 5.12. The third-order valence-electron chi connectivity index (χ3n) is 3.86. The van der Waals surface area contributed by atoms with E-state index < -0.39 is 0 Å². The van der Waals surface area contributed by atoms with E-state index in [1.54, 1.807) is 18.0 Å². The number of rotatable bonds is 5. The highest BCUT2D eigenvalue weighted by atomic mass is 35.5. The molecule has 1 atom stereocenters. The fourth-order valence-electron chi connectivity index (χ4n) is 2.21. The Morgan fingerprint density at radius 2 is 2.13 bits per heavy atom. The number of carbonyl (C=O) groups is 2. The van der Waals surface area contributed by atoms with Gasteiger partial charge in [-0.05, 0) is 30.5 Å². The summed E-state index contributed by atoms with van der Waals surface area (Å²) in [6, 6.07) is 5.54. The minimum absolute atomic E-state index is 0. The second-order valence-electron chi connectivity index (χ2n) is 5.97. The molecule has 0 saturated carbocycles. The molecule has 5 nitrogen and oxygen atoms in total. The van der Waals surface area contributed by atoms with Gasteiger partial charge in [0.05, 0.1) is 11.4 Å². The van der Waals surface area contributed by atoms with Crippen molar-refractivity contribution in [3.05, 3.63) is 23.8 Å². The lowest BCUT2D eigenvalue weighted by Crippen LogP contribution is -2.34.